The van der Waals surface area contributed by atoms with Gasteiger partial charge in [-0.25, -0.2) is 0 Å². The van der Waals surface area contributed by atoms with Gasteiger partial charge in [0.2, 0.25) is 0 Å². The van der Waals surface area contributed by atoms with Crippen molar-refractivity contribution in [3.05, 3.63) is 76.3 Å². The second kappa shape index (κ2) is 5.88. The van der Waals surface area contributed by atoms with Crippen molar-refractivity contribution >= 4 is 26.7 Å². The van der Waals surface area contributed by atoms with Crippen molar-refractivity contribution in [1.29, 1.82) is 0 Å². The van der Waals surface area contributed by atoms with Crippen LogP contribution in [0.2, 0.25) is 0 Å². The molecule has 3 rings (SSSR count). The van der Waals surface area contributed by atoms with Gasteiger partial charge in [0.05, 0.1) is 13.2 Å². The summed E-state index contributed by atoms with van der Waals surface area (Å²) in [7, 11) is 1.67. The maximum absolute atomic E-state index is 6.51. The van der Waals surface area contributed by atoms with Gasteiger partial charge in [-0.3, -0.25) is 0 Å². The molecular weight excluding hydrogens is 326 g/mol. The van der Waals surface area contributed by atoms with Crippen molar-refractivity contribution in [3.8, 4) is 5.75 Å². The van der Waals surface area contributed by atoms with Crippen molar-refractivity contribution in [2.45, 2.75) is 6.04 Å². The van der Waals surface area contributed by atoms with Crippen molar-refractivity contribution in [2.75, 3.05) is 7.11 Å². The molecule has 2 nitrogen and oxygen atoms in total. The van der Waals surface area contributed by atoms with E-state index in [2.05, 4.69) is 40.2 Å². The standard InChI is InChI=1S/C18H16BrNO/c1-21-17-11-13(19)9-10-16(17)18(20)15-8-4-6-12-5-2-3-7-14(12)15/h2-11,18H,20H2,1H3. The van der Waals surface area contributed by atoms with E-state index in [1.54, 1.807) is 7.11 Å². The highest BCUT2D eigenvalue weighted by atomic mass is 79.9. The highest BCUT2D eigenvalue weighted by Crippen LogP contribution is 2.33. The van der Waals surface area contributed by atoms with E-state index in [0.717, 1.165) is 21.3 Å². The number of methoxy groups -OCH3 is 1. The summed E-state index contributed by atoms with van der Waals surface area (Å²) >= 11 is 3.46. The summed E-state index contributed by atoms with van der Waals surface area (Å²) in [4.78, 5) is 0. The zero-order chi connectivity index (χ0) is 14.8. The lowest BCUT2D eigenvalue weighted by molar-refractivity contribution is 0.407. The third kappa shape index (κ3) is 2.67. The van der Waals surface area contributed by atoms with Gasteiger partial charge < -0.3 is 10.5 Å². The van der Waals surface area contributed by atoms with Crippen molar-refractivity contribution in [3.63, 3.8) is 0 Å². The van der Waals surface area contributed by atoms with Crippen LogP contribution in [0.5, 0.6) is 5.75 Å². The van der Waals surface area contributed by atoms with E-state index >= 15 is 0 Å². The number of halogens is 1. The van der Waals surface area contributed by atoms with Crippen LogP contribution in [0, 0.1) is 0 Å². The van der Waals surface area contributed by atoms with E-state index in [-0.39, 0.29) is 6.04 Å². The van der Waals surface area contributed by atoms with Gasteiger partial charge in [0.25, 0.3) is 0 Å². The quantitative estimate of drug-likeness (QED) is 0.751. The van der Waals surface area contributed by atoms with Crippen LogP contribution < -0.4 is 10.5 Å². The molecule has 3 heteroatoms. The van der Waals surface area contributed by atoms with Crippen LogP contribution in [-0.2, 0) is 0 Å². The molecule has 3 aromatic carbocycles. The second-order valence-corrected chi connectivity index (χ2v) is 5.85. The number of nitrogens with two attached hydrogens (primary N) is 1. The first kappa shape index (κ1) is 14.1. The molecule has 0 aliphatic rings. The van der Waals surface area contributed by atoms with Crippen molar-refractivity contribution in [2.24, 2.45) is 5.73 Å². The first-order valence-electron chi connectivity index (χ1n) is 6.77. The lowest BCUT2D eigenvalue weighted by Gasteiger charge is -2.18. The normalized spacial score (nSPS) is 12.3. The summed E-state index contributed by atoms with van der Waals surface area (Å²) in [6.07, 6.45) is 0. The Hall–Kier alpha value is -1.84. The molecule has 0 saturated carbocycles. The largest absolute Gasteiger partial charge is 0.496 e. The molecule has 21 heavy (non-hydrogen) atoms. The van der Waals surface area contributed by atoms with E-state index < -0.39 is 0 Å². The Kier molecular flexibility index (Phi) is 3.95. The predicted molar refractivity (Wildman–Crippen MR) is 90.7 cm³/mol. The molecule has 0 fully saturated rings. The van der Waals surface area contributed by atoms with Gasteiger partial charge >= 0.3 is 0 Å². The maximum Gasteiger partial charge on any atom is 0.125 e. The average Bonchev–Trinajstić information content (AvgIpc) is 2.53. The van der Waals surface area contributed by atoms with Gasteiger partial charge in [-0.05, 0) is 28.5 Å². The molecule has 1 unspecified atom stereocenters. The van der Waals surface area contributed by atoms with Crippen LogP contribution >= 0.6 is 15.9 Å². The topological polar surface area (TPSA) is 35.2 Å². The summed E-state index contributed by atoms with van der Waals surface area (Å²) < 4.78 is 6.45. The molecule has 0 radical (unpaired) electrons. The zero-order valence-corrected chi connectivity index (χ0v) is 13.3. The molecule has 0 amide bonds. The molecule has 1 atom stereocenters. The molecule has 2 N–H and O–H groups in total. The number of hydrogen-bond acceptors (Lipinski definition) is 2. The number of hydrogen-bond donors (Lipinski definition) is 1. The highest BCUT2D eigenvalue weighted by Gasteiger charge is 2.16. The van der Waals surface area contributed by atoms with Gasteiger partial charge in [0, 0.05) is 10.0 Å². The summed E-state index contributed by atoms with van der Waals surface area (Å²) in [5.41, 5.74) is 8.60. The smallest absolute Gasteiger partial charge is 0.125 e. The van der Waals surface area contributed by atoms with E-state index in [0.29, 0.717) is 0 Å². The maximum atomic E-state index is 6.51. The zero-order valence-electron chi connectivity index (χ0n) is 11.7. The lowest BCUT2D eigenvalue weighted by atomic mass is 9.94. The van der Waals surface area contributed by atoms with Crippen LogP contribution in [0.15, 0.2) is 65.1 Å². The van der Waals surface area contributed by atoms with Crippen LogP contribution in [-0.4, -0.2) is 7.11 Å². The monoisotopic (exact) mass is 341 g/mol. The van der Waals surface area contributed by atoms with Gasteiger partial charge in [-0.1, -0.05) is 64.5 Å². The lowest BCUT2D eigenvalue weighted by Crippen LogP contribution is -2.13. The Morgan fingerprint density at radius 2 is 1.71 bits per heavy atom. The Labute approximate surface area is 132 Å². The highest BCUT2D eigenvalue weighted by molar-refractivity contribution is 9.10. The Morgan fingerprint density at radius 1 is 0.952 bits per heavy atom. The molecule has 0 aliphatic carbocycles. The molecule has 106 valence electrons. The Balaban J connectivity index is 2.15. The molecule has 0 aliphatic heterocycles. The molecule has 0 aromatic heterocycles. The predicted octanol–water partition coefficient (Wildman–Crippen LogP) is 4.66. The molecule has 0 saturated heterocycles. The average molecular weight is 342 g/mol. The number of ether oxygens (including phenoxy) is 1. The third-order valence-corrected chi connectivity index (χ3v) is 4.18. The summed E-state index contributed by atoms with van der Waals surface area (Å²) in [6, 6.07) is 20.2. The van der Waals surface area contributed by atoms with E-state index in [1.807, 2.05) is 36.4 Å². The Morgan fingerprint density at radius 3 is 2.52 bits per heavy atom. The molecule has 3 aromatic rings. The summed E-state index contributed by atoms with van der Waals surface area (Å²) in [5.74, 6) is 0.796. The minimum absolute atomic E-state index is 0.223. The van der Waals surface area contributed by atoms with E-state index in [9.17, 15) is 0 Å². The van der Waals surface area contributed by atoms with Gasteiger partial charge in [0.15, 0.2) is 0 Å². The molecule has 0 bridgehead atoms. The number of rotatable bonds is 3. The molecule has 0 spiro atoms. The molecule has 0 heterocycles. The number of fused-ring (bicyclic) bond motifs is 1. The minimum atomic E-state index is -0.223. The number of benzene rings is 3. The van der Waals surface area contributed by atoms with Gasteiger partial charge in [-0.2, -0.15) is 0 Å². The SMILES string of the molecule is COc1cc(Br)ccc1C(N)c1cccc2ccccc12. The Bertz CT molecular complexity index is 780. The molecular formula is C18H16BrNO. The van der Waals surface area contributed by atoms with Gasteiger partial charge in [-0.15, -0.1) is 0 Å². The first-order valence-corrected chi connectivity index (χ1v) is 7.56. The summed E-state index contributed by atoms with van der Waals surface area (Å²) in [5, 5.41) is 2.37. The fourth-order valence-electron chi connectivity index (χ4n) is 2.63. The van der Waals surface area contributed by atoms with E-state index in [1.165, 1.54) is 10.8 Å². The van der Waals surface area contributed by atoms with Crippen molar-refractivity contribution < 1.29 is 4.74 Å². The van der Waals surface area contributed by atoms with E-state index in [4.69, 9.17) is 10.5 Å². The van der Waals surface area contributed by atoms with Crippen LogP contribution in [0.3, 0.4) is 0 Å². The minimum Gasteiger partial charge on any atom is -0.496 e. The summed E-state index contributed by atoms with van der Waals surface area (Å²) in [6.45, 7) is 0. The fourth-order valence-corrected chi connectivity index (χ4v) is 2.97. The van der Waals surface area contributed by atoms with Crippen LogP contribution in [0.1, 0.15) is 17.2 Å². The fraction of sp³-hybridized carbons (Fsp3) is 0.111. The van der Waals surface area contributed by atoms with Crippen LogP contribution in [0.4, 0.5) is 0 Å². The third-order valence-electron chi connectivity index (χ3n) is 3.69. The van der Waals surface area contributed by atoms with Crippen LogP contribution in [0.25, 0.3) is 10.8 Å². The second-order valence-electron chi connectivity index (χ2n) is 4.93. The van der Waals surface area contributed by atoms with Gasteiger partial charge in [0.1, 0.15) is 5.75 Å². The van der Waals surface area contributed by atoms with Crippen molar-refractivity contribution in [1.82, 2.24) is 0 Å². The first-order chi connectivity index (χ1) is 10.2.